The summed E-state index contributed by atoms with van der Waals surface area (Å²) in [4.78, 5) is 17.4. The summed E-state index contributed by atoms with van der Waals surface area (Å²) >= 11 is 1.53. The van der Waals surface area contributed by atoms with E-state index < -0.39 is 5.97 Å². The van der Waals surface area contributed by atoms with Gasteiger partial charge in [0.2, 0.25) is 0 Å². The maximum absolute atomic E-state index is 11.2. The zero-order valence-corrected chi connectivity index (χ0v) is 10.8. The molecule has 2 N–H and O–H groups in total. The number of aromatic nitrogens is 2. The lowest BCUT2D eigenvalue weighted by molar-refractivity contribution is 0.0693. The van der Waals surface area contributed by atoms with Gasteiger partial charge in [0.15, 0.2) is 11.5 Å². The number of carboxylic acids is 1. The Labute approximate surface area is 112 Å². The molecule has 0 saturated carbocycles. The monoisotopic (exact) mass is 274 g/mol. The van der Waals surface area contributed by atoms with Gasteiger partial charge in [-0.1, -0.05) is 0 Å². The Bertz CT molecular complexity index is 788. The Kier molecular flexibility index (Phi) is 2.53. The minimum absolute atomic E-state index is 0.0129. The number of carbonyl (C=O) groups is 1. The van der Waals surface area contributed by atoms with Gasteiger partial charge in [0, 0.05) is 4.88 Å². The fraction of sp³-hybridized carbons (Fsp3) is 0.0769. The predicted octanol–water partition coefficient (Wildman–Crippen LogP) is 2.78. The van der Waals surface area contributed by atoms with Crippen molar-refractivity contribution < 1.29 is 15.0 Å². The topological polar surface area (TPSA) is 74.8 Å². The van der Waals surface area contributed by atoms with E-state index in [4.69, 9.17) is 0 Å². The molecule has 0 aromatic carbocycles. The minimum atomic E-state index is -1.08. The summed E-state index contributed by atoms with van der Waals surface area (Å²) in [6, 6.07) is 6.84. The van der Waals surface area contributed by atoms with Crippen molar-refractivity contribution in [1.82, 2.24) is 9.38 Å². The molecule has 0 atom stereocenters. The quantitative estimate of drug-likeness (QED) is 0.753. The summed E-state index contributed by atoms with van der Waals surface area (Å²) < 4.78 is 1.60. The molecule has 3 aromatic rings. The number of hydrogen-bond acceptors (Lipinski definition) is 4. The molecular weight excluding hydrogens is 264 g/mol. The molecule has 19 heavy (non-hydrogen) atoms. The van der Waals surface area contributed by atoms with Gasteiger partial charge >= 0.3 is 5.97 Å². The van der Waals surface area contributed by atoms with Crippen molar-refractivity contribution in [3.8, 4) is 16.5 Å². The van der Waals surface area contributed by atoms with E-state index in [2.05, 4.69) is 4.98 Å². The van der Waals surface area contributed by atoms with Crippen molar-refractivity contribution in [2.24, 2.45) is 0 Å². The van der Waals surface area contributed by atoms with Crippen LogP contribution in [-0.2, 0) is 0 Å². The Morgan fingerprint density at radius 3 is 2.74 bits per heavy atom. The molecule has 0 aliphatic rings. The number of aryl methyl sites for hydroxylation is 1. The standard InChI is InChI=1S/C13H10N2O3S/c1-7-2-5-10(19-7)12-14-11(13(17)18)9-4-3-8(16)6-15(9)12/h2-6,16H,1H3,(H,17,18). The van der Waals surface area contributed by atoms with Gasteiger partial charge < -0.3 is 10.2 Å². The van der Waals surface area contributed by atoms with Crippen LogP contribution >= 0.6 is 11.3 Å². The number of carboxylic acid groups (broad SMARTS) is 1. The fourth-order valence-corrected chi connectivity index (χ4v) is 2.81. The lowest BCUT2D eigenvalue weighted by Crippen LogP contribution is -1.97. The summed E-state index contributed by atoms with van der Waals surface area (Å²) in [6.45, 7) is 1.97. The van der Waals surface area contributed by atoms with Gasteiger partial charge in [0.05, 0.1) is 16.6 Å². The normalized spacial score (nSPS) is 11.0. The predicted molar refractivity (Wildman–Crippen MR) is 71.9 cm³/mol. The van der Waals surface area contributed by atoms with E-state index in [9.17, 15) is 15.0 Å². The highest BCUT2D eigenvalue weighted by Gasteiger charge is 2.18. The van der Waals surface area contributed by atoms with Crippen LogP contribution in [0.1, 0.15) is 15.4 Å². The largest absolute Gasteiger partial charge is 0.506 e. The van der Waals surface area contributed by atoms with Crippen LogP contribution in [0.4, 0.5) is 0 Å². The number of hydrogen-bond donors (Lipinski definition) is 2. The summed E-state index contributed by atoms with van der Waals surface area (Å²) in [6.07, 6.45) is 1.47. The maximum Gasteiger partial charge on any atom is 0.356 e. The number of pyridine rings is 1. The molecule has 0 amide bonds. The van der Waals surface area contributed by atoms with Crippen LogP contribution in [0.15, 0.2) is 30.5 Å². The molecule has 3 aromatic heterocycles. The summed E-state index contributed by atoms with van der Waals surface area (Å²) in [7, 11) is 0. The zero-order valence-electron chi connectivity index (χ0n) is 9.99. The molecule has 0 saturated heterocycles. The molecule has 0 aliphatic heterocycles. The third-order valence-corrected chi connectivity index (χ3v) is 3.78. The van der Waals surface area contributed by atoms with E-state index in [-0.39, 0.29) is 11.4 Å². The third kappa shape index (κ3) is 1.86. The second-order valence-electron chi connectivity index (χ2n) is 4.14. The van der Waals surface area contributed by atoms with Crippen LogP contribution in [0, 0.1) is 6.92 Å². The highest BCUT2D eigenvalue weighted by atomic mass is 32.1. The zero-order chi connectivity index (χ0) is 13.6. The van der Waals surface area contributed by atoms with E-state index in [1.54, 1.807) is 10.5 Å². The Hall–Kier alpha value is -2.34. The van der Waals surface area contributed by atoms with Gasteiger partial charge in [0.1, 0.15) is 5.75 Å². The van der Waals surface area contributed by atoms with Gasteiger partial charge in [-0.2, -0.15) is 0 Å². The van der Waals surface area contributed by atoms with Crippen molar-refractivity contribution in [2.45, 2.75) is 6.92 Å². The van der Waals surface area contributed by atoms with Crippen molar-refractivity contribution >= 4 is 22.8 Å². The first-order valence-electron chi connectivity index (χ1n) is 5.57. The first kappa shape index (κ1) is 11.7. The average Bonchev–Trinajstić information content (AvgIpc) is 2.92. The first-order valence-corrected chi connectivity index (χ1v) is 6.39. The van der Waals surface area contributed by atoms with Crippen LogP contribution in [0.3, 0.4) is 0 Å². The number of fused-ring (bicyclic) bond motifs is 1. The number of thiophene rings is 1. The minimum Gasteiger partial charge on any atom is -0.506 e. The van der Waals surface area contributed by atoms with E-state index in [1.165, 1.54) is 23.6 Å². The maximum atomic E-state index is 11.2. The molecule has 0 radical (unpaired) electrons. The molecule has 0 fully saturated rings. The highest BCUT2D eigenvalue weighted by Crippen LogP contribution is 2.30. The summed E-state index contributed by atoms with van der Waals surface area (Å²) in [5.74, 6) is -0.486. The molecule has 0 aliphatic carbocycles. The van der Waals surface area contributed by atoms with Crippen molar-refractivity contribution in [3.63, 3.8) is 0 Å². The second kappa shape index (κ2) is 4.10. The average molecular weight is 274 g/mol. The Balaban J connectivity index is 2.35. The molecule has 96 valence electrons. The van der Waals surface area contributed by atoms with Crippen molar-refractivity contribution in [2.75, 3.05) is 0 Å². The first-order chi connectivity index (χ1) is 9.06. The number of rotatable bonds is 2. The van der Waals surface area contributed by atoms with Crippen LogP contribution in [0.2, 0.25) is 0 Å². The Morgan fingerprint density at radius 2 is 2.11 bits per heavy atom. The van der Waals surface area contributed by atoms with Gasteiger partial charge in [-0.05, 0) is 31.2 Å². The number of aromatic hydroxyl groups is 1. The molecule has 3 heterocycles. The third-order valence-electron chi connectivity index (χ3n) is 2.78. The van der Waals surface area contributed by atoms with E-state index in [0.29, 0.717) is 11.3 Å². The smallest absolute Gasteiger partial charge is 0.356 e. The van der Waals surface area contributed by atoms with Gasteiger partial charge in [-0.15, -0.1) is 11.3 Å². The fourth-order valence-electron chi connectivity index (χ4n) is 1.96. The molecule has 0 spiro atoms. The van der Waals surface area contributed by atoms with Gasteiger partial charge in [-0.25, -0.2) is 9.78 Å². The molecule has 0 unspecified atom stereocenters. The molecule has 6 heteroatoms. The molecular formula is C13H10N2O3S. The van der Waals surface area contributed by atoms with E-state index in [1.807, 2.05) is 19.1 Å². The van der Waals surface area contributed by atoms with Crippen LogP contribution in [0.25, 0.3) is 16.2 Å². The molecule has 5 nitrogen and oxygen atoms in total. The highest BCUT2D eigenvalue weighted by molar-refractivity contribution is 7.15. The molecule has 3 rings (SSSR count). The number of aromatic carboxylic acids is 1. The number of nitrogens with zero attached hydrogens (tertiary/aromatic N) is 2. The second-order valence-corrected chi connectivity index (χ2v) is 5.43. The van der Waals surface area contributed by atoms with Crippen LogP contribution in [0.5, 0.6) is 5.75 Å². The van der Waals surface area contributed by atoms with Crippen LogP contribution < -0.4 is 0 Å². The van der Waals surface area contributed by atoms with Gasteiger partial charge in [0.25, 0.3) is 0 Å². The SMILES string of the molecule is Cc1ccc(-c2nc(C(=O)O)c3ccc(O)cn23)s1. The van der Waals surface area contributed by atoms with Crippen molar-refractivity contribution in [1.29, 1.82) is 0 Å². The number of imidazole rings is 1. The van der Waals surface area contributed by atoms with Crippen LogP contribution in [-0.4, -0.2) is 25.6 Å². The van der Waals surface area contributed by atoms with Gasteiger partial charge in [-0.3, -0.25) is 4.40 Å². The Morgan fingerprint density at radius 1 is 1.32 bits per heavy atom. The summed E-state index contributed by atoms with van der Waals surface area (Å²) in [5, 5.41) is 18.7. The van der Waals surface area contributed by atoms with E-state index in [0.717, 1.165) is 9.75 Å². The van der Waals surface area contributed by atoms with Crippen molar-refractivity contribution in [3.05, 3.63) is 41.0 Å². The molecule has 0 bridgehead atoms. The lowest BCUT2D eigenvalue weighted by atomic mass is 10.3. The van der Waals surface area contributed by atoms with E-state index >= 15 is 0 Å². The summed E-state index contributed by atoms with van der Waals surface area (Å²) in [5.41, 5.74) is 0.451. The lowest BCUT2D eigenvalue weighted by Gasteiger charge is -1.99.